The lowest BCUT2D eigenvalue weighted by Crippen LogP contribution is -2.48. The maximum atomic E-state index is 12.6. The van der Waals surface area contributed by atoms with Crippen molar-refractivity contribution in [3.05, 3.63) is 59.7 Å². The van der Waals surface area contributed by atoms with Crippen LogP contribution in [0.2, 0.25) is 0 Å². The van der Waals surface area contributed by atoms with Crippen LogP contribution < -0.4 is 20.7 Å². The molecule has 2 aliphatic heterocycles. The van der Waals surface area contributed by atoms with Gasteiger partial charge in [0.1, 0.15) is 11.8 Å². The van der Waals surface area contributed by atoms with E-state index in [2.05, 4.69) is 33.0 Å². The molecule has 2 heterocycles. The predicted octanol–water partition coefficient (Wildman–Crippen LogP) is 1.92. The molecule has 1 saturated heterocycles. The van der Waals surface area contributed by atoms with E-state index in [0.29, 0.717) is 11.3 Å². The summed E-state index contributed by atoms with van der Waals surface area (Å²) in [7, 11) is 1.66. The monoisotopic (exact) mass is 436 g/mol. The maximum absolute atomic E-state index is 12.6. The van der Waals surface area contributed by atoms with Gasteiger partial charge in [-0.05, 0) is 42.7 Å². The summed E-state index contributed by atoms with van der Waals surface area (Å²) < 4.78 is 5.20. The zero-order chi connectivity index (χ0) is 22.5. The fourth-order valence-corrected chi connectivity index (χ4v) is 4.15. The van der Waals surface area contributed by atoms with Crippen molar-refractivity contribution in [2.24, 2.45) is 0 Å². The SMILES string of the molecule is COc1ccc(CN2CCC(NC(=O)C[C@@H]3NC(=O)c4ccccc4NC3=O)CC2)cc1. The molecule has 2 aromatic rings. The Morgan fingerprint density at radius 2 is 1.81 bits per heavy atom. The number of carbonyl (C=O) groups is 3. The zero-order valence-corrected chi connectivity index (χ0v) is 18.1. The highest BCUT2D eigenvalue weighted by atomic mass is 16.5. The second-order valence-corrected chi connectivity index (χ2v) is 8.23. The summed E-state index contributed by atoms with van der Waals surface area (Å²) in [4.78, 5) is 39.8. The van der Waals surface area contributed by atoms with E-state index < -0.39 is 6.04 Å². The van der Waals surface area contributed by atoms with Crippen molar-refractivity contribution >= 4 is 23.4 Å². The van der Waals surface area contributed by atoms with E-state index in [1.807, 2.05) is 12.1 Å². The molecule has 4 rings (SSSR count). The van der Waals surface area contributed by atoms with Crippen LogP contribution in [0.15, 0.2) is 48.5 Å². The number of ether oxygens (including phenoxy) is 1. The number of benzene rings is 2. The summed E-state index contributed by atoms with van der Waals surface area (Å²) in [6.45, 7) is 2.62. The summed E-state index contributed by atoms with van der Waals surface area (Å²) in [6, 6.07) is 14.0. The van der Waals surface area contributed by atoms with Crippen LogP contribution in [0.4, 0.5) is 5.69 Å². The Morgan fingerprint density at radius 3 is 2.53 bits per heavy atom. The van der Waals surface area contributed by atoms with E-state index in [1.54, 1.807) is 31.4 Å². The van der Waals surface area contributed by atoms with Crippen molar-refractivity contribution in [3.8, 4) is 5.75 Å². The summed E-state index contributed by atoms with van der Waals surface area (Å²) in [5, 5.41) is 8.43. The Hall–Kier alpha value is -3.39. The average Bonchev–Trinajstić information content (AvgIpc) is 2.91. The number of amides is 3. The van der Waals surface area contributed by atoms with Crippen LogP contribution in [0.25, 0.3) is 0 Å². The summed E-state index contributed by atoms with van der Waals surface area (Å²) in [5.74, 6) is -0.126. The Kier molecular flexibility index (Phi) is 6.70. The van der Waals surface area contributed by atoms with Gasteiger partial charge >= 0.3 is 0 Å². The first kappa shape index (κ1) is 21.8. The smallest absolute Gasteiger partial charge is 0.254 e. The molecule has 3 N–H and O–H groups in total. The first-order chi connectivity index (χ1) is 15.5. The van der Waals surface area contributed by atoms with Gasteiger partial charge in [-0.3, -0.25) is 19.3 Å². The third kappa shape index (κ3) is 5.26. The molecule has 0 bridgehead atoms. The van der Waals surface area contributed by atoms with Crippen LogP contribution in [0.1, 0.15) is 35.2 Å². The number of hydrogen-bond acceptors (Lipinski definition) is 5. The van der Waals surface area contributed by atoms with Gasteiger partial charge in [0.15, 0.2) is 0 Å². The van der Waals surface area contributed by atoms with E-state index >= 15 is 0 Å². The molecule has 1 atom stereocenters. The van der Waals surface area contributed by atoms with E-state index in [9.17, 15) is 14.4 Å². The topological polar surface area (TPSA) is 99.8 Å². The number of anilines is 1. The molecule has 32 heavy (non-hydrogen) atoms. The minimum atomic E-state index is -0.898. The van der Waals surface area contributed by atoms with Crippen LogP contribution in [-0.4, -0.2) is 54.9 Å². The molecule has 2 aromatic carbocycles. The second kappa shape index (κ2) is 9.82. The Bertz CT molecular complexity index is 984. The quantitative estimate of drug-likeness (QED) is 0.643. The molecule has 0 aliphatic carbocycles. The van der Waals surface area contributed by atoms with Crippen molar-refractivity contribution in [3.63, 3.8) is 0 Å². The second-order valence-electron chi connectivity index (χ2n) is 8.23. The normalized spacial score (nSPS) is 19.3. The highest BCUT2D eigenvalue weighted by Gasteiger charge is 2.30. The summed E-state index contributed by atoms with van der Waals surface area (Å²) in [6.07, 6.45) is 1.60. The van der Waals surface area contributed by atoms with Gasteiger partial charge in [-0.25, -0.2) is 0 Å². The molecule has 0 spiro atoms. The van der Waals surface area contributed by atoms with Crippen LogP contribution in [0.3, 0.4) is 0 Å². The fourth-order valence-electron chi connectivity index (χ4n) is 4.15. The standard InChI is InChI=1S/C24H28N4O4/c1-32-18-8-6-16(7-9-18)15-28-12-10-17(11-13-28)25-22(29)14-21-24(31)26-20-5-3-2-4-19(20)23(30)27-21/h2-9,17,21H,10-15H2,1H3,(H,25,29)(H,26,31)(H,27,30)/t21-/m0/s1. The number of likely N-dealkylation sites (tertiary alicyclic amines) is 1. The average molecular weight is 437 g/mol. The number of rotatable bonds is 6. The first-order valence-corrected chi connectivity index (χ1v) is 10.9. The summed E-state index contributed by atoms with van der Waals surface area (Å²) in [5.41, 5.74) is 2.08. The van der Waals surface area contributed by atoms with Gasteiger partial charge in [0.05, 0.1) is 24.8 Å². The number of carbonyl (C=O) groups excluding carboxylic acids is 3. The molecule has 168 valence electrons. The molecule has 3 amide bonds. The molecule has 2 aliphatic rings. The number of hydrogen-bond donors (Lipinski definition) is 3. The highest BCUT2D eigenvalue weighted by molar-refractivity contribution is 6.10. The van der Waals surface area contributed by atoms with Gasteiger partial charge in [0.2, 0.25) is 11.8 Å². The summed E-state index contributed by atoms with van der Waals surface area (Å²) >= 11 is 0. The molecular formula is C24H28N4O4. The van der Waals surface area contributed by atoms with Crippen molar-refractivity contribution < 1.29 is 19.1 Å². The predicted molar refractivity (Wildman–Crippen MR) is 120 cm³/mol. The molecule has 8 nitrogen and oxygen atoms in total. The Balaban J connectivity index is 1.24. The maximum Gasteiger partial charge on any atom is 0.254 e. The number of fused-ring (bicyclic) bond motifs is 1. The molecule has 0 radical (unpaired) electrons. The van der Waals surface area contributed by atoms with E-state index in [-0.39, 0.29) is 30.2 Å². The van der Waals surface area contributed by atoms with E-state index in [1.165, 1.54) is 5.56 Å². The number of nitrogens with zero attached hydrogens (tertiary/aromatic N) is 1. The van der Waals surface area contributed by atoms with E-state index in [0.717, 1.165) is 38.2 Å². The lowest BCUT2D eigenvalue weighted by atomic mass is 10.0. The van der Waals surface area contributed by atoms with Crippen LogP contribution in [0.5, 0.6) is 5.75 Å². The molecule has 0 unspecified atom stereocenters. The fraction of sp³-hybridized carbons (Fsp3) is 0.375. The highest BCUT2D eigenvalue weighted by Crippen LogP contribution is 2.20. The van der Waals surface area contributed by atoms with Gasteiger partial charge in [0, 0.05) is 25.7 Å². The minimum Gasteiger partial charge on any atom is -0.497 e. The van der Waals surface area contributed by atoms with Crippen LogP contribution in [-0.2, 0) is 16.1 Å². The third-order valence-electron chi connectivity index (χ3n) is 5.96. The first-order valence-electron chi connectivity index (χ1n) is 10.9. The van der Waals surface area contributed by atoms with Crippen molar-refractivity contribution in [1.29, 1.82) is 0 Å². The van der Waals surface area contributed by atoms with Crippen molar-refractivity contribution in [1.82, 2.24) is 15.5 Å². The van der Waals surface area contributed by atoms with Gasteiger partial charge in [-0.15, -0.1) is 0 Å². The number of piperidine rings is 1. The lowest BCUT2D eigenvalue weighted by Gasteiger charge is -2.32. The lowest BCUT2D eigenvalue weighted by molar-refractivity contribution is -0.126. The Labute approximate surface area is 187 Å². The van der Waals surface area contributed by atoms with Gasteiger partial charge in [0.25, 0.3) is 5.91 Å². The van der Waals surface area contributed by atoms with Gasteiger partial charge in [-0.2, -0.15) is 0 Å². The molecule has 1 fully saturated rings. The van der Waals surface area contributed by atoms with Crippen molar-refractivity contribution in [2.75, 3.05) is 25.5 Å². The van der Waals surface area contributed by atoms with E-state index in [4.69, 9.17) is 4.74 Å². The number of methoxy groups -OCH3 is 1. The number of para-hydroxylation sites is 1. The molecule has 0 saturated carbocycles. The minimum absolute atomic E-state index is 0.0661. The molecule has 8 heteroatoms. The van der Waals surface area contributed by atoms with Gasteiger partial charge in [-0.1, -0.05) is 24.3 Å². The van der Waals surface area contributed by atoms with Crippen molar-refractivity contribution in [2.45, 2.75) is 37.9 Å². The molecular weight excluding hydrogens is 408 g/mol. The van der Waals surface area contributed by atoms with Crippen LogP contribution >= 0.6 is 0 Å². The largest absolute Gasteiger partial charge is 0.497 e. The molecule has 0 aromatic heterocycles. The van der Waals surface area contributed by atoms with Crippen LogP contribution in [0, 0.1) is 0 Å². The Morgan fingerprint density at radius 1 is 1.09 bits per heavy atom. The van der Waals surface area contributed by atoms with Gasteiger partial charge < -0.3 is 20.7 Å². The third-order valence-corrected chi connectivity index (χ3v) is 5.96. The number of nitrogens with one attached hydrogen (secondary N) is 3. The zero-order valence-electron chi connectivity index (χ0n) is 18.1.